The van der Waals surface area contributed by atoms with Gasteiger partial charge in [0.2, 0.25) is 0 Å². The molecule has 0 aliphatic carbocycles. The van der Waals surface area contributed by atoms with Crippen molar-refractivity contribution in [3.63, 3.8) is 0 Å². The highest BCUT2D eigenvalue weighted by molar-refractivity contribution is 5.85. The number of nitrogens with zero attached hydrogens (tertiary/aromatic N) is 1. The Morgan fingerprint density at radius 3 is 3.18 bits per heavy atom. The van der Waals surface area contributed by atoms with E-state index in [1.54, 1.807) is 0 Å². The number of aromatic carboxylic acids is 1. The second kappa shape index (κ2) is 5.29. The van der Waals surface area contributed by atoms with Gasteiger partial charge in [-0.05, 0) is 19.8 Å². The van der Waals surface area contributed by atoms with Crippen LogP contribution in [0.25, 0.3) is 0 Å². The Morgan fingerprint density at radius 2 is 2.53 bits per heavy atom. The Morgan fingerprint density at radius 1 is 1.71 bits per heavy atom. The number of ether oxygens (including phenoxy) is 1. The molecule has 1 aliphatic heterocycles. The molecule has 1 saturated heterocycles. The van der Waals surface area contributed by atoms with Crippen molar-refractivity contribution in [3.8, 4) is 0 Å². The van der Waals surface area contributed by atoms with Crippen LogP contribution in [0.15, 0.2) is 10.6 Å². The highest BCUT2D eigenvalue weighted by Gasteiger charge is 2.19. The summed E-state index contributed by atoms with van der Waals surface area (Å²) in [6, 6.07) is 1.83. The molecule has 2 unspecified atom stereocenters. The van der Waals surface area contributed by atoms with E-state index >= 15 is 0 Å². The van der Waals surface area contributed by atoms with E-state index in [9.17, 15) is 4.79 Å². The maximum atomic E-state index is 10.6. The van der Waals surface area contributed by atoms with Crippen LogP contribution in [0, 0.1) is 0 Å². The fraction of sp³-hybridized carbons (Fsp3) is 0.636. The van der Waals surface area contributed by atoms with E-state index in [2.05, 4.69) is 10.5 Å². The van der Waals surface area contributed by atoms with Gasteiger partial charge in [-0.15, -0.1) is 0 Å². The minimum atomic E-state index is -1.07. The summed E-state index contributed by atoms with van der Waals surface area (Å²) >= 11 is 0. The fourth-order valence-corrected chi connectivity index (χ4v) is 1.93. The molecule has 0 radical (unpaired) electrons. The zero-order valence-electron chi connectivity index (χ0n) is 9.68. The van der Waals surface area contributed by atoms with Gasteiger partial charge in [-0.3, -0.25) is 0 Å². The molecule has 6 heteroatoms. The molecule has 0 spiro atoms. The molecule has 0 amide bonds. The van der Waals surface area contributed by atoms with Crippen molar-refractivity contribution < 1.29 is 19.2 Å². The zero-order valence-corrected chi connectivity index (χ0v) is 9.68. The molecule has 2 rings (SSSR count). The number of aromatic nitrogens is 1. The van der Waals surface area contributed by atoms with Gasteiger partial charge in [-0.1, -0.05) is 5.16 Å². The molecule has 0 aromatic carbocycles. The average molecular weight is 240 g/mol. The third-order valence-corrected chi connectivity index (χ3v) is 2.83. The van der Waals surface area contributed by atoms with Crippen molar-refractivity contribution in [1.82, 2.24) is 10.5 Å². The Kier molecular flexibility index (Phi) is 3.75. The number of hydrogen-bond acceptors (Lipinski definition) is 5. The van der Waals surface area contributed by atoms with Crippen molar-refractivity contribution in [1.29, 1.82) is 0 Å². The van der Waals surface area contributed by atoms with Crippen LogP contribution in [0.5, 0.6) is 0 Å². The van der Waals surface area contributed by atoms with Crippen molar-refractivity contribution in [2.75, 3.05) is 6.61 Å². The lowest BCUT2D eigenvalue weighted by molar-refractivity contribution is 0.0126. The number of rotatable bonds is 4. The predicted octanol–water partition coefficient (Wildman–Crippen LogP) is 1.03. The van der Waals surface area contributed by atoms with Crippen LogP contribution in [-0.4, -0.2) is 35.0 Å². The number of carboxylic acids is 1. The molecular weight excluding hydrogens is 224 g/mol. The summed E-state index contributed by atoms with van der Waals surface area (Å²) in [6.07, 6.45) is 2.19. The standard InChI is InChI=1S/C11H16N2O4/c1-7-4-8(2-3-16-7)12-6-9-5-10(11(14)15)13-17-9/h5,7-8,12H,2-4,6H2,1H3,(H,14,15). The van der Waals surface area contributed by atoms with E-state index in [0.29, 0.717) is 18.3 Å². The third kappa shape index (κ3) is 3.28. The molecule has 17 heavy (non-hydrogen) atoms. The van der Waals surface area contributed by atoms with Gasteiger partial charge in [0.25, 0.3) is 0 Å². The highest BCUT2D eigenvalue weighted by Crippen LogP contribution is 2.14. The Hall–Kier alpha value is -1.40. The number of hydrogen-bond donors (Lipinski definition) is 2. The second-order valence-electron chi connectivity index (χ2n) is 4.27. The molecule has 2 N–H and O–H groups in total. The van der Waals surface area contributed by atoms with Crippen LogP contribution in [0.2, 0.25) is 0 Å². The maximum Gasteiger partial charge on any atom is 0.358 e. The summed E-state index contributed by atoms with van der Waals surface area (Å²) in [7, 11) is 0. The van der Waals surface area contributed by atoms with Crippen LogP contribution < -0.4 is 5.32 Å². The largest absolute Gasteiger partial charge is 0.476 e. The predicted molar refractivity (Wildman–Crippen MR) is 58.7 cm³/mol. The van der Waals surface area contributed by atoms with Crippen LogP contribution in [0.1, 0.15) is 36.0 Å². The first-order valence-electron chi connectivity index (χ1n) is 5.69. The molecule has 0 bridgehead atoms. The van der Waals surface area contributed by atoms with Gasteiger partial charge in [-0.25, -0.2) is 4.79 Å². The molecule has 2 atom stereocenters. The van der Waals surface area contributed by atoms with E-state index in [4.69, 9.17) is 14.4 Å². The van der Waals surface area contributed by atoms with E-state index in [1.165, 1.54) is 6.07 Å². The molecule has 0 saturated carbocycles. The minimum Gasteiger partial charge on any atom is -0.476 e. The average Bonchev–Trinajstić information content (AvgIpc) is 2.75. The molecular formula is C11H16N2O4. The number of carboxylic acid groups (broad SMARTS) is 1. The Balaban J connectivity index is 1.82. The van der Waals surface area contributed by atoms with Crippen LogP contribution in [0.4, 0.5) is 0 Å². The topological polar surface area (TPSA) is 84.6 Å². The van der Waals surface area contributed by atoms with E-state index in [0.717, 1.165) is 19.4 Å². The van der Waals surface area contributed by atoms with Crippen molar-refractivity contribution in [2.24, 2.45) is 0 Å². The van der Waals surface area contributed by atoms with E-state index in [1.807, 2.05) is 6.92 Å². The lowest BCUT2D eigenvalue weighted by Crippen LogP contribution is -2.37. The molecule has 1 aromatic rings. The van der Waals surface area contributed by atoms with E-state index in [-0.39, 0.29) is 11.8 Å². The molecule has 6 nitrogen and oxygen atoms in total. The number of carbonyl (C=O) groups is 1. The van der Waals surface area contributed by atoms with E-state index < -0.39 is 5.97 Å². The summed E-state index contributed by atoms with van der Waals surface area (Å²) in [6.45, 7) is 3.30. The van der Waals surface area contributed by atoms with Gasteiger partial charge in [-0.2, -0.15) is 0 Å². The quantitative estimate of drug-likeness (QED) is 0.817. The smallest absolute Gasteiger partial charge is 0.358 e. The summed E-state index contributed by atoms with van der Waals surface area (Å²) in [4.78, 5) is 10.6. The molecule has 1 aliphatic rings. The lowest BCUT2D eigenvalue weighted by Gasteiger charge is -2.27. The first-order chi connectivity index (χ1) is 8.15. The minimum absolute atomic E-state index is 0.0536. The lowest BCUT2D eigenvalue weighted by atomic mass is 10.0. The van der Waals surface area contributed by atoms with Gasteiger partial charge in [0.15, 0.2) is 11.5 Å². The third-order valence-electron chi connectivity index (χ3n) is 2.83. The monoisotopic (exact) mass is 240 g/mol. The van der Waals surface area contributed by atoms with Gasteiger partial charge < -0.3 is 19.7 Å². The van der Waals surface area contributed by atoms with Crippen molar-refractivity contribution in [3.05, 3.63) is 17.5 Å². The van der Waals surface area contributed by atoms with Crippen LogP contribution >= 0.6 is 0 Å². The number of nitrogens with one attached hydrogen (secondary N) is 1. The first kappa shape index (κ1) is 12.1. The fourth-order valence-electron chi connectivity index (χ4n) is 1.93. The van der Waals surface area contributed by atoms with Gasteiger partial charge in [0.1, 0.15) is 0 Å². The van der Waals surface area contributed by atoms with Crippen LogP contribution in [0.3, 0.4) is 0 Å². The van der Waals surface area contributed by atoms with Crippen molar-refractivity contribution in [2.45, 2.75) is 38.5 Å². The molecule has 1 fully saturated rings. The molecule has 2 heterocycles. The summed E-state index contributed by atoms with van der Waals surface area (Å²) < 4.78 is 10.4. The zero-order chi connectivity index (χ0) is 12.3. The Labute approximate surface area is 98.9 Å². The summed E-state index contributed by atoms with van der Waals surface area (Å²) in [5.41, 5.74) is -0.0536. The van der Waals surface area contributed by atoms with Crippen molar-refractivity contribution >= 4 is 5.97 Å². The summed E-state index contributed by atoms with van der Waals surface area (Å²) in [5, 5.41) is 15.5. The Bertz CT molecular complexity index is 391. The van der Waals surface area contributed by atoms with Crippen LogP contribution in [-0.2, 0) is 11.3 Å². The summed E-state index contributed by atoms with van der Waals surface area (Å²) in [5.74, 6) is -0.527. The molecule has 1 aromatic heterocycles. The first-order valence-corrected chi connectivity index (χ1v) is 5.69. The second-order valence-corrected chi connectivity index (χ2v) is 4.27. The normalized spacial score (nSPS) is 24.8. The highest BCUT2D eigenvalue weighted by atomic mass is 16.5. The molecule has 94 valence electrons. The maximum absolute atomic E-state index is 10.6. The van der Waals surface area contributed by atoms with Gasteiger partial charge in [0, 0.05) is 18.7 Å². The van der Waals surface area contributed by atoms with Gasteiger partial charge in [0.05, 0.1) is 12.6 Å². The van der Waals surface area contributed by atoms with Gasteiger partial charge >= 0.3 is 5.97 Å². The SMILES string of the molecule is CC1CC(NCc2cc(C(=O)O)no2)CCO1.